The SMILES string of the molecule is C[C@@]12CC[C@@H]3[C@H](CC[C@]4(O)C[C@H](OC(=O)CCC(=O)O)CC[C@]34COC(=O)CCC(=O)O)[C@@]1(O)CC[C@H]2C1=CC(=O)OC1. The zero-order valence-electron chi connectivity index (χ0n) is 24.5. The Kier molecular flexibility index (Phi) is 8.41. The molecule has 12 heteroatoms. The summed E-state index contributed by atoms with van der Waals surface area (Å²) < 4.78 is 16.5. The predicted octanol–water partition coefficient (Wildman–Crippen LogP) is 2.52. The van der Waals surface area contributed by atoms with Gasteiger partial charge in [-0.3, -0.25) is 19.2 Å². The molecule has 4 N–H and O–H groups in total. The van der Waals surface area contributed by atoms with Crippen molar-refractivity contribution in [1.29, 1.82) is 0 Å². The average molecular weight is 607 g/mol. The van der Waals surface area contributed by atoms with Crippen molar-refractivity contribution >= 4 is 29.8 Å². The summed E-state index contributed by atoms with van der Waals surface area (Å²) in [5.41, 5.74) is -3.05. The van der Waals surface area contributed by atoms with Crippen LogP contribution in [0.15, 0.2) is 11.6 Å². The lowest BCUT2D eigenvalue weighted by Crippen LogP contribution is -2.69. The first-order valence-corrected chi connectivity index (χ1v) is 15.3. The van der Waals surface area contributed by atoms with Crippen molar-refractivity contribution < 1.29 is 58.6 Å². The monoisotopic (exact) mass is 606 g/mol. The van der Waals surface area contributed by atoms with Gasteiger partial charge in [0.05, 0.1) is 43.5 Å². The second kappa shape index (κ2) is 11.5. The molecular weight excluding hydrogens is 564 g/mol. The summed E-state index contributed by atoms with van der Waals surface area (Å²) in [6, 6.07) is 0. The fourth-order valence-corrected chi connectivity index (χ4v) is 9.51. The molecule has 0 unspecified atom stereocenters. The highest BCUT2D eigenvalue weighted by molar-refractivity contribution is 5.85. The van der Waals surface area contributed by atoms with Crippen molar-refractivity contribution in [3.05, 3.63) is 11.6 Å². The Hall–Kier alpha value is -2.99. The van der Waals surface area contributed by atoms with E-state index >= 15 is 0 Å². The lowest BCUT2D eigenvalue weighted by molar-refractivity contribution is -0.272. The maximum Gasteiger partial charge on any atom is 0.331 e. The molecule has 1 heterocycles. The van der Waals surface area contributed by atoms with Crippen LogP contribution in [0.1, 0.15) is 90.4 Å². The van der Waals surface area contributed by atoms with Crippen molar-refractivity contribution in [3.8, 4) is 0 Å². The molecular formula is C31H42O12. The van der Waals surface area contributed by atoms with Gasteiger partial charge in [-0.1, -0.05) is 6.92 Å². The Bertz CT molecular complexity index is 1210. The van der Waals surface area contributed by atoms with Crippen LogP contribution in [0.2, 0.25) is 0 Å². The first-order valence-electron chi connectivity index (χ1n) is 15.3. The average Bonchev–Trinajstić information content (AvgIpc) is 3.49. The quantitative estimate of drug-likeness (QED) is 0.210. The van der Waals surface area contributed by atoms with Crippen LogP contribution in [0.25, 0.3) is 0 Å². The smallest absolute Gasteiger partial charge is 0.331 e. The van der Waals surface area contributed by atoms with Crippen molar-refractivity contribution in [2.45, 2.75) is 108 Å². The minimum Gasteiger partial charge on any atom is -0.481 e. The van der Waals surface area contributed by atoms with E-state index in [1.54, 1.807) is 6.08 Å². The molecule has 0 spiro atoms. The van der Waals surface area contributed by atoms with Gasteiger partial charge in [0.1, 0.15) is 12.7 Å². The molecule has 5 rings (SSSR count). The van der Waals surface area contributed by atoms with Gasteiger partial charge in [0.2, 0.25) is 0 Å². The molecule has 4 aliphatic carbocycles. The molecule has 238 valence electrons. The van der Waals surface area contributed by atoms with Gasteiger partial charge in [-0.05, 0) is 74.7 Å². The standard InChI is InChI=1S/C31H42O12/c1-28-10-7-21-22(31(28,40)13-9-20(28)18-14-27(38)41-16-18)8-12-30(39)15-19(43-26(37)5-3-24(34)35)6-11-29(21,30)17-42-25(36)4-2-23(32)33/h14,19-22,39-40H,2-13,15-17H2,1H3,(H,32,33)(H,34,35)/t19-,20+,21-,22+,28+,29+,30+,31+/m1/s1. The van der Waals surface area contributed by atoms with Gasteiger partial charge in [-0.15, -0.1) is 0 Å². The molecule has 12 nitrogen and oxygen atoms in total. The lowest BCUT2D eigenvalue weighted by Gasteiger charge is -2.66. The number of cyclic esters (lactones) is 1. The molecule has 0 aromatic heterocycles. The summed E-state index contributed by atoms with van der Waals surface area (Å²) in [6.45, 7) is 2.16. The fraction of sp³-hybridized carbons (Fsp3) is 0.774. The van der Waals surface area contributed by atoms with Crippen molar-refractivity contribution in [2.24, 2.45) is 28.6 Å². The van der Waals surface area contributed by atoms with Gasteiger partial charge in [-0.2, -0.15) is 0 Å². The number of carbonyl (C=O) groups excluding carboxylic acids is 3. The maximum absolute atomic E-state index is 12.6. The van der Waals surface area contributed by atoms with Gasteiger partial charge in [-0.25, -0.2) is 4.79 Å². The van der Waals surface area contributed by atoms with E-state index in [9.17, 15) is 34.2 Å². The lowest BCUT2D eigenvalue weighted by atomic mass is 9.41. The topological polar surface area (TPSA) is 194 Å². The van der Waals surface area contributed by atoms with Crippen molar-refractivity contribution in [2.75, 3.05) is 13.2 Å². The number of carbonyl (C=O) groups is 5. The third-order valence-corrected chi connectivity index (χ3v) is 11.6. The molecule has 0 aromatic carbocycles. The van der Waals surface area contributed by atoms with Crippen LogP contribution >= 0.6 is 0 Å². The molecule has 1 aliphatic heterocycles. The number of esters is 3. The number of hydrogen-bond donors (Lipinski definition) is 4. The third-order valence-electron chi connectivity index (χ3n) is 11.6. The largest absolute Gasteiger partial charge is 0.481 e. The molecule has 4 fully saturated rings. The van der Waals surface area contributed by atoms with Crippen molar-refractivity contribution in [3.63, 3.8) is 0 Å². The van der Waals surface area contributed by atoms with Crippen LogP contribution < -0.4 is 0 Å². The molecule has 8 atom stereocenters. The molecule has 5 aliphatic rings. The maximum atomic E-state index is 12.6. The summed E-state index contributed by atoms with van der Waals surface area (Å²) in [5, 5.41) is 42.8. The molecule has 0 radical (unpaired) electrons. The zero-order valence-corrected chi connectivity index (χ0v) is 24.5. The van der Waals surface area contributed by atoms with E-state index in [4.69, 9.17) is 24.4 Å². The Morgan fingerprint density at radius 2 is 1.56 bits per heavy atom. The Morgan fingerprint density at radius 3 is 2.21 bits per heavy atom. The Morgan fingerprint density at radius 1 is 0.884 bits per heavy atom. The zero-order chi connectivity index (χ0) is 31.2. The molecule has 0 amide bonds. The summed E-state index contributed by atoms with van der Waals surface area (Å²) in [7, 11) is 0. The summed E-state index contributed by atoms with van der Waals surface area (Å²) in [6.07, 6.45) is 3.66. The number of fused-ring (bicyclic) bond motifs is 5. The highest BCUT2D eigenvalue weighted by Crippen LogP contribution is 2.70. The van der Waals surface area contributed by atoms with Gasteiger partial charge in [0, 0.05) is 23.3 Å². The van der Waals surface area contributed by atoms with E-state index in [2.05, 4.69) is 6.92 Å². The molecule has 43 heavy (non-hydrogen) atoms. The van der Waals surface area contributed by atoms with E-state index in [0.717, 1.165) is 5.57 Å². The Labute approximate surface area is 249 Å². The molecule has 0 saturated heterocycles. The van der Waals surface area contributed by atoms with E-state index in [1.807, 2.05) is 0 Å². The number of hydrogen-bond acceptors (Lipinski definition) is 10. The van der Waals surface area contributed by atoms with Crippen LogP contribution in [0.3, 0.4) is 0 Å². The predicted molar refractivity (Wildman–Crippen MR) is 146 cm³/mol. The normalized spacial score (nSPS) is 39.9. The first-order chi connectivity index (χ1) is 20.2. The van der Waals surface area contributed by atoms with E-state index in [0.29, 0.717) is 44.9 Å². The number of rotatable bonds is 10. The number of aliphatic hydroxyl groups is 2. The number of ether oxygens (including phenoxy) is 3. The number of carboxylic acids is 2. The third kappa shape index (κ3) is 5.45. The van der Waals surface area contributed by atoms with Gasteiger partial charge >= 0.3 is 29.8 Å². The van der Waals surface area contributed by atoms with Crippen LogP contribution in [-0.2, 0) is 38.2 Å². The fourth-order valence-electron chi connectivity index (χ4n) is 9.51. The van der Waals surface area contributed by atoms with Crippen LogP contribution in [0.4, 0.5) is 0 Å². The van der Waals surface area contributed by atoms with Crippen LogP contribution in [0, 0.1) is 28.6 Å². The Balaban J connectivity index is 1.41. The van der Waals surface area contributed by atoms with E-state index in [1.165, 1.54) is 0 Å². The number of aliphatic carboxylic acids is 2. The minimum absolute atomic E-state index is 0.0172. The van der Waals surface area contributed by atoms with Gasteiger partial charge in [0.15, 0.2) is 0 Å². The van der Waals surface area contributed by atoms with E-state index < -0.39 is 52.0 Å². The van der Waals surface area contributed by atoms with Crippen molar-refractivity contribution in [1.82, 2.24) is 0 Å². The van der Waals surface area contributed by atoms with Gasteiger partial charge in [0.25, 0.3) is 0 Å². The summed E-state index contributed by atoms with van der Waals surface area (Å²) in [4.78, 5) is 58.7. The van der Waals surface area contributed by atoms with Crippen LogP contribution in [-0.4, -0.2) is 80.8 Å². The first kappa shape index (κ1) is 31.4. The second-order valence-corrected chi connectivity index (χ2v) is 13.5. The van der Waals surface area contributed by atoms with E-state index in [-0.39, 0.29) is 75.5 Å². The summed E-state index contributed by atoms with van der Waals surface area (Å²) in [5.74, 6) is -4.39. The van der Waals surface area contributed by atoms with Crippen LogP contribution in [0.5, 0.6) is 0 Å². The molecule has 0 aromatic rings. The highest BCUT2D eigenvalue weighted by atomic mass is 16.5. The second-order valence-electron chi connectivity index (χ2n) is 13.5. The number of carboxylic acid groups (broad SMARTS) is 2. The molecule has 4 saturated carbocycles. The highest BCUT2D eigenvalue weighted by Gasteiger charge is 2.71. The van der Waals surface area contributed by atoms with Gasteiger partial charge < -0.3 is 34.6 Å². The minimum atomic E-state index is -1.40. The summed E-state index contributed by atoms with van der Waals surface area (Å²) >= 11 is 0. The molecule has 0 bridgehead atoms.